The van der Waals surface area contributed by atoms with Crippen molar-refractivity contribution in [1.82, 2.24) is 4.57 Å². The van der Waals surface area contributed by atoms with Gasteiger partial charge in [-0.15, -0.1) is 28.7 Å². The summed E-state index contributed by atoms with van der Waals surface area (Å²) in [6.45, 7) is -0.636. The third kappa shape index (κ3) is 4.18. The normalized spacial score (nSPS) is 10.4. The molecule has 20 heavy (non-hydrogen) atoms. The maximum atomic E-state index is 12.6. The third-order valence-electron chi connectivity index (χ3n) is 2.50. The van der Waals surface area contributed by atoms with Crippen molar-refractivity contribution >= 4 is 38.5 Å². The molecule has 0 fully saturated rings. The molecule has 1 heterocycles. The second kappa shape index (κ2) is 8.10. The minimum atomic E-state index is -2.59. The minimum absolute atomic E-state index is 0. The molecule has 0 amide bonds. The molecule has 0 spiro atoms. The van der Waals surface area contributed by atoms with Gasteiger partial charge in [0, 0.05) is 32.7 Å². The number of hydrogen-bond donors (Lipinski definition) is 0. The molecule has 2 nitrogen and oxygen atoms in total. The van der Waals surface area contributed by atoms with Crippen LogP contribution in [0.1, 0.15) is 0 Å². The van der Waals surface area contributed by atoms with E-state index in [-0.39, 0.29) is 32.7 Å². The molecule has 7 heteroatoms. The molecule has 0 saturated carbocycles. The molecular weight excluding hydrogens is 520 g/mol. The van der Waals surface area contributed by atoms with E-state index < -0.39 is 18.5 Å². The van der Waals surface area contributed by atoms with E-state index in [0.29, 0.717) is 14.8 Å². The van der Waals surface area contributed by atoms with Crippen molar-refractivity contribution in [3.05, 3.63) is 54.8 Å². The third-order valence-corrected chi connectivity index (χ3v) is 3.97. The molecule has 1 aromatic carbocycles. The van der Waals surface area contributed by atoms with Crippen LogP contribution in [0.2, 0.25) is 0 Å². The summed E-state index contributed by atoms with van der Waals surface area (Å²) >= 11 is 5.17. The number of pyridine rings is 1. The average molecular weight is 528 g/mol. The van der Waals surface area contributed by atoms with Crippen molar-refractivity contribution in [1.29, 1.82) is 0 Å². The number of nitrogens with zero attached hydrogens (tertiary/aromatic N) is 1. The number of benzene rings is 1. The Hall–Kier alpha value is 0.344. The number of rotatable bonds is 3. The Kier molecular flexibility index (Phi) is 7.45. The Morgan fingerprint density at radius 1 is 1.35 bits per heavy atom. The SMILES string of the molecule is O=c1c(I)c[c-]c(-c2ccccc2Br)n1CC(F)F.[Y]. The van der Waals surface area contributed by atoms with Crippen molar-refractivity contribution in [2.24, 2.45) is 0 Å². The summed E-state index contributed by atoms with van der Waals surface area (Å²) in [5.41, 5.74) is 0.597. The van der Waals surface area contributed by atoms with Gasteiger partial charge in [-0.2, -0.15) is 12.1 Å². The quantitative estimate of drug-likeness (QED) is 0.438. The Morgan fingerprint density at radius 3 is 2.60 bits per heavy atom. The van der Waals surface area contributed by atoms with Gasteiger partial charge in [0.15, 0.2) is 0 Å². The molecule has 0 unspecified atom stereocenters. The van der Waals surface area contributed by atoms with E-state index in [1.165, 1.54) is 6.07 Å². The van der Waals surface area contributed by atoms with Crippen LogP contribution in [0.5, 0.6) is 0 Å². The van der Waals surface area contributed by atoms with Gasteiger partial charge in [0.25, 0.3) is 6.43 Å². The van der Waals surface area contributed by atoms with Crippen LogP contribution in [-0.2, 0) is 39.3 Å². The Morgan fingerprint density at radius 2 is 2.00 bits per heavy atom. The first-order valence-electron chi connectivity index (χ1n) is 5.34. The van der Waals surface area contributed by atoms with Crippen molar-refractivity contribution in [3.63, 3.8) is 0 Å². The molecule has 0 atom stereocenters. The summed E-state index contributed by atoms with van der Waals surface area (Å²) in [7, 11) is 0. The van der Waals surface area contributed by atoms with Crippen LogP contribution in [0.3, 0.4) is 0 Å². The molecule has 1 radical (unpaired) electrons. The van der Waals surface area contributed by atoms with Crippen molar-refractivity contribution in [3.8, 4) is 11.3 Å². The number of hydrogen-bond acceptors (Lipinski definition) is 1. The molecule has 0 aliphatic carbocycles. The van der Waals surface area contributed by atoms with Gasteiger partial charge in [-0.1, -0.05) is 45.4 Å². The fourth-order valence-corrected chi connectivity index (χ4v) is 2.61. The van der Waals surface area contributed by atoms with Crippen LogP contribution >= 0.6 is 38.5 Å². The second-order valence-electron chi connectivity index (χ2n) is 3.77. The summed E-state index contributed by atoms with van der Waals surface area (Å²) in [4.78, 5) is 12.0. The zero-order valence-corrected chi connectivity index (χ0v) is 16.7. The molecule has 103 valence electrons. The van der Waals surface area contributed by atoms with Crippen molar-refractivity contribution < 1.29 is 41.5 Å². The summed E-state index contributed by atoms with van der Waals surface area (Å²) < 4.78 is 27.4. The van der Waals surface area contributed by atoms with Crippen LogP contribution in [0.25, 0.3) is 11.3 Å². The van der Waals surface area contributed by atoms with Crippen LogP contribution in [0, 0.1) is 9.64 Å². The van der Waals surface area contributed by atoms with E-state index in [4.69, 9.17) is 0 Å². The zero-order valence-electron chi connectivity index (χ0n) is 10.1. The van der Waals surface area contributed by atoms with E-state index in [9.17, 15) is 13.6 Å². The first-order chi connectivity index (χ1) is 9.00. The van der Waals surface area contributed by atoms with Gasteiger partial charge in [-0.25, -0.2) is 8.78 Å². The van der Waals surface area contributed by atoms with Gasteiger partial charge in [-0.3, -0.25) is 4.79 Å². The fraction of sp³-hybridized carbons (Fsp3) is 0.154. The van der Waals surface area contributed by atoms with Crippen LogP contribution < -0.4 is 5.56 Å². The number of aromatic nitrogens is 1. The van der Waals surface area contributed by atoms with E-state index in [2.05, 4.69) is 22.0 Å². The van der Waals surface area contributed by atoms with Gasteiger partial charge in [0.05, 0.1) is 6.54 Å². The van der Waals surface area contributed by atoms with E-state index in [1.807, 2.05) is 28.7 Å². The summed E-state index contributed by atoms with van der Waals surface area (Å²) in [6.07, 6.45) is -2.59. The van der Waals surface area contributed by atoms with E-state index >= 15 is 0 Å². The number of halogens is 4. The Bertz CT molecular complexity index is 663. The maximum absolute atomic E-state index is 12.6. The van der Waals surface area contributed by atoms with E-state index in [0.717, 1.165) is 9.04 Å². The molecule has 1 aromatic heterocycles. The van der Waals surface area contributed by atoms with Crippen molar-refractivity contribution in [2.45, 2.75) is 13.0 Å². The smallest absolute Gasteiger partial charge is 0.256 e. The molecule has 0 aliphatic heterocycles. The second-order valence-corrected chi connectivity index (χ2v) is 5.79. The molecule has 0 N–H and O–H groups in total. The van der Waals surface area contributed by atoms with Gasteiger partial charge in [0.1, 0.15) is 0 Å². The first-order valence-corrected chi connectivity index (χ1v) is 7.22. The molecule has 0 saturated heterocycles. The monoisotopic (exact) mass is 527 g/mol. The molecule has 2 rings (SSSR count). The predicted molar refractivity (Wildman–Crippen MR) is 81.4 cm³/mol. The minimum Gasteiger partial charge on any atom is -0.336 e. The van der Waals surface area contributed by atoms with Gasteiger partial charge in [-0.05, 0) is 8.04 Å². The first kappa shape index (κ1) is 18.4. The average Bonchev–Trinajstić information content (AvgIpc) is 2.36. The summed E-state index contributed by atoms with van der Waals surface area (Å²) in [6, 6.07) is 11.6. The molecule has 2 aromatic rings. The van der Waals surface area contributed by atoms with E-state index in [1.54, 1.807) is 18.2 Å². The molecule has 0 aliphatic rings. The maximum Gasteiger partial charge on any atom is 0.256 e. The largest absolute Gasteiger partial charge is 0.336 e. The van der Waals surface area contributed by atoms with Gasteiger partial charge in [0.2, 0.25) is 5.56 Å². The van der Waals surface area contributed by atoms with Gasteiger partial charge >= 0.3 is 0 Å². The number of alkyl halides is 2. The van der Waals surface area contributed by atoms with Crippen LogP contribution in [0.15, 0.2) is 39.6 Å². The Balaban J connectivity index is 0.00000200. The standard InChI is InChI=1S/C13H8BrF2INO.Y/c14-9-4-2-1-3-8(9)11-6-5-10(17)13(19)18(11)7-12(15)16;/h1-5,12H,7H2;/q-1;. The summed E-state index contributed by atoms with van der Waals surface area (Å²) in [5, 5.41) is 0. The fourth-order valence-electron chi connectivity index (χ4n) is 1.69. The molecular formula is C13H8BrF2INOY-. The van der Waals surface area contributed by atoms with Crippen LogP contribution in [-0.4, -0.2) is 11.0 Å². The van der Waals surface area contributed by atoms with Crippen molar-refractivity contribution in [2.75, 3.05) is 0 Å². The zero-order chi connectivity index (χ0) is 14.0. The Labute approximate surface area is 162 Å². The topological polar surface area (TPSA) is 22.0 Å². The van der Waals surface area contributed by atoms with Gasteiger partial charge < -0.3 is 4.57 Å². The molecule has 0 bridgehead atoms. The summed E-state index contributed by atoms with van der Waals surface area (Å²) in [5.74, 6) is 0. The van der Waals surface area contributed by atoms with Crippen LogP contribution in [0.4, 0.5) is 8.78 Å². The predicted octanol–water partition coefficient (Wildman–Crippen LogP) is 3.95.